The highest BCUT2D eigenvalue weighted by Crippen LogP contribution is 2.26. The molecule has 0 aliphatic rings. The third kappa shape index (κ3) is 4.05. The number of halogens is 1. The van der Waals surface area contributed by atoms with E-state index in [9.17, 15) is 4.79 Å². The maximum Gasteiger partial charge on any atom is 0.291 e. The molecule has 6 aromatic rings. The minimum Gasteiger partial charge on any atom is -0.266 e. The van der Waals surface area contributed by atoms with E-state index in [1.54, 1.807) is 0 Å². The summed E-state index contributed by atoms with van der Waals surface area (Å²) in [5.41, 5.74) is 5.20. The lowest BCUT2D eigenvalue weighted by Crippen LogP contribution is -2.23. The van der Waals surface area contributed by atoms with Gasteiger partial charge in [0.1, 0.15) is 5.69 Å². The molecule has 0 fully saturated rings. The lowest BCUT2D eigenvalue weighted by Gasteiger charge is -2.00. The molecule has 0 amide bonds. The smallest absolute Gasteiger partial charge is 0.266 e. The van der Waals surface area contributed by atoms with Crippen molar-refractivity contribution in [2.75, 3.05) is 0 Å². The second kappa shape index (κ2) is 8.61. The maximum absolute atomic E-state index is 13.2. The zero-order chi connectivity index (χ0) is 23.9. The number of rotatable bonds is 4. The van der Waals surface area contributed by atoms with Gasteiger partial charge in [-0.25, -0.2) is 4.68 Å². The minimum absolute atomic E-state index is 0.203. The van der Waals surface area contributed by atoms with Crippen molar-refractivity contribution < 1.29 is 0 Å². The monoisotopic (exact) mass is 495 g/mol. The second-order valence-electron chi connectivity index (χ2n) is 8.14. The summed E-state index contributed by atoms with van der Waals surface area (Å²) in [5.74, 6) is 0.544. The van der Waals surface area contributed by atoms with Crippen molar-refractivity contribution >= 4 is 34.0 Å². The fourth-order valence-corrected chi connectivity index (χ4v) is 4.94. The zero-order valence-corrected chi connectivity index (χ0v) is 20.2. The van der Waals surface area contributed by atoms with Crippen molar-refractivity contribution in [3.63, 3.8) is 0 Å². The fourth-order valence-electron chi connectivity index (χ4n) is 3.92. The Kier molecular flexibility index (Phi) is 5.28. The Bertz CT molecular complexity index is 1790. The third-order valence-electron chi connectivity index (χ3n) is 5.63. The Hall–Kier alpha value is -4.07. The number of hydrogen-bond acceptors (Lipinski definition) is 5. The molecule has 8 heteroatoms. The summed E-state index contributed by atoms with van der Waals surface area (Å²) in [7, 11) is 0. The van der Waals surface area contributed by atoms with Gasteiger partial charge in [-0.15, -0.1) is 5.10 Å². The summed E-state index contributed by atoms with van der Waals surface area (Å²) in [6, 6.07) is 25.3. The van der Waals surface area contributed by atoms with E-state index in [4.69, 9.17) is 16.7 Å². The molecule has 0 atom stereocenters. The zero-order valence-electron chi connectivity index (χ0n) is 18.6. The average Bonchev–Trinajstić information content (AvgIpc) is 3.56. The number of hydrogen-bond donors (Lipinski definition) is 0. The third-order valence-corrected chi connectivity index (χ3v) is 6.84. The molecule has 0 saturated heterocycles. The molecular weight excluding hydrogens is 478 g/mol. The number of nitrogens with zero attached hydrogens (tertiary/aromatic N) is 5. The molecule has 6 nitrogen and oxygen atoms in total. The largest absolute Gasteiger partial charge is 0.291 e. The van der Waals surface area contributed by atoms with E-state index < -0.39 is 0 Å². The lowest BCUT2D eigenvalue weighted by molar-refractivity contribution is 0.884. The molecule has 170 valence electrons. The summed E-state index contributed by atoms with van der Waals surface area (Å²) >= 11 is 7.41. The van der Waals surface area contributed by atoms with Crippen LogP contribution in [0.15, 0.2) is 89.9 Å². The molecule has 0 aliphatic carbocycles. The van der Waals surface area contributed by atoms with Crippen LogP contribution in [0.4, 0.5) is 0 Å². The van der Waals surface area contributed by atoms with E-state index in [-0.39, 0.29) is 5.56 Å². The molecule has 0 aliphatic heterocycles. The van der Waals surface area contributed by atoms with Gasteiger partial charge in [0, 0.05) is 27.9 Å². The van der Waals surface area contributed by atoms with Crippen LogP contribution in [0.3, 0.4) is 0 Å². The van der Waals surface area contributed by atoms with Crippen LogP contribution in [0.5, 0.6) is 0 Å². The van der Waals surface area contributed by atoms with Crippen LogP contribution in [0.25, 0.3) is 39.4 Å². The predicted molar refractivity (Wildman–Crippen MR) is 140 cm³/mol. The van der Waals surface area contributed by atoms with E-state index in [1.165, 1.54) is 15.9 Å². The van der Waals surface area contributed by atoms with Crippen LogP contribution in [0, 0.1) is 6.92 Å². The fraction of sp³-hybridized carbons (Fsp3) is 0.0370. The van der Waals surface area contributed by atoms with Crippen molar-refractivity contribution in [1.82, 2.24) is 24.4 Å². The number of benzene rings is 3. The van der Waals surface area contributed by atoms with Gasteiger partial charge in [0.2, 0.25) is 4.96 Å². The lowest BCUT2D eigenvalue weighted by atomic mass is 10.1. The van der Waals surface area contributed by atoms with Gasteiger partial charge < -0.3 is 0 Å². The van der Waals surface area contributed by atoms with Gasteiger partial charge in [0.15, 0.2) is 5.82 Å². The van der Waals surface area contributed by atoms with Crippen molar-refractivity contribution in [2.45, 2.75) is 6.92 Å². The first-order valence-electron chi connectivity index (χ1n) is 10.9. The minimum atomic E-state index is -0.203. The van der Waals surface area contributed by atoms with E-state index in [2.05, 4.69) is 10.1 Å². The molecule has 6 rings (SSSR count). The van der Waals surface area contributed by atoms with Crippen LogP contribution < -0.4 is 10.1 Å². The van der Waals surface area contributed by atoms with Crippen LogP contribution in [-0.2, 0) is 0 Å². The van der Waals surface area contributed by atoms with Crippen LogP contribution in [0.1, 0.15) is 11.1 Å². The molecule has 3 aromatic heterocycles. The van der Waals surface area contributed by atoms with Gasteiger partial charge in [-0.3, -0.25) is 4.79 Å². The Labute approximate surface area is 209 Å². The molecule has 0 spiro atoms. The molecule has 0 unspecified atom stereocenters. The van der Waals surface area contributed by atoms with E-state index in [0.29, 0.717) is 20.3 Å². The van der Waals surface area contributed by atoms with Gasteiger partial charge in [0.25, 0.3) is 5.56 Å². The summed E-state index contributed by atoms with van der Waals surface area (Å²) in [6.45, 7) is 2.02. The molecular formula is C27H18ClN5OS. The Balaban J connectivity index is 1.49. The van der Waals surface area contributed by atoms with Gasteiger partial charge in [-0.1, -0.05) is 77.0 Å². The molecule has 35 heavy (non-hydrogen) atoms. The number of aromatic nitrogens is 5. The molecule has 0 saturated carbocycles. The Morgan fingerprint density at radius 3 is 2.46 bits per heavy atom. The highest BCUT2D eigenvalue weighted by atomic mass is 35.5. The normalized spacial score (nSPS) is 12.0. The molecule has 0 bridgehead atoms. The first-order chi connectivity index (χ1) is 17.0. The van der Waals surface area contributed by atoms with Gasteiger partial charge >= 0.3 is 0 Å². The predicted octanol–water partition coefficient (Wildman–Crippen LogP) is 5.18. The van der Waals surface area contributed by atoms with E-state index >= 15 is 0 Å². The molecule has 0 N–H and O–H groups in total. The molecule has 0 radical (unpaired) electrons. The number of fused-ring (bicyclic) bond motifs is 1. The van der Waals surface area contributed by atoms with Crippen LogP contribution in [0.2, 0.25) is 5.02 Å². The second-order valence-corrected chi connectivity index (χ2v) is 9.58. The first-order valence-corrected chi connectivity index (χ1v) is 12.1. The number of thiazole rings is 1. The van der Waals surface area contributed by atoms with Gasteiger partial charge in [-0.2, -0.15) is 14.6 Å². The first kappa shape index (κ1) is 21.5. The average molecular weight is 496 g/mol. The molecule has 3 aromatic carbocycles. The SMILES string of the molecule is Cc1cccc(-c2nc3sc(=Cc4cn(-c5ccccc5)nc4-c4ccc(Cl)cc4)c(=O)n3n2)c1. The highest BCUT2D eigenvalue weighted by molar-refractivity contribution is 7.15. The van der Waals surface area contributed by atoms with Gasteiger partial charge in [-0.05, 0) is 43.3 Å². The Morgan fingerprint density at radius 2 is 1.71 bits per heavy atom. The van der Waals surface area contributed by atoms with Crippen molar-refractivity contribution in [1.29, 1.82) is 0 Å². The topological polar surface area (TPSA) is 65.1 Å². The summed E-state index contributed by atoms with van der Waals surface area (Å²) < 4.78 is 3.73. The maximum atomic E-state index is 13.2. The number of aryl methyl sites for hydroxylation is 1. The van der Waals surface area contributed by atoms with Crippen LogP contribution >= 0.6 is 22.9 Å². The van der Waals surface area contributed by atoms with E-state index in [0.717, 1.165) is 33.6 Å². The van der Waals surface area contributed by atoms with Crippen LogP contribution in [-0.4, -0.2) is 24.4 Å². The summed E-state index contributed by atoms with van der Waals surface area (Å²) in [6.07, 6.45) is 3.78. The highest BCUT2D eigenvalue weighted by Gasteiger charge is 2.15. The summed E-state index contributed by atoms with van der Waals surface area (Å²) in [4.78, 5) is 18.4. The number of para-hydroxylation sites is 1. The molecule has 3 heterocycles. The quantitative estimate of drug-likeness (QED) is 0.338. The Morgan fingerprint density at radius 1 is 0.914 bits per heavy atom. The van der Waals surface area contributed by atoms with Crippen molar-refractivity contribution in [2.24, 2.45) is 0 Å². The van der Waals surface area contributed by atoms with Gasteiger partial charge in [0.05, 0.1) is 10.2 Å². The van der Waals surface area contributed by atoms with Crippen molar-refractivity contribution in [3.05, 3.63) is 116 Å². The van der Waals surface area contributed by atoms with Crippen molar-refractivity contribution in [3.8, 4) is 28.3 Å². The standard InChI is InChI=1S/C27H18ClN5OS/c1-17-6-5-7-19(14-17)25-29-27-33(31-25)26(34)23(35-27)15-20-16-32(22-8-3-2-4-9-22)30-24(20)18-10-12-21(28)13-11-18/h2-16H,1H3. The van der Waals surface area contributed by atoms with E-state index in [1.807, 2.05) is 103 Å². The summed E-state index contributed by atoms with van der Waals surface area (Å²) in [5, 5.41) is 9.95.